The van der Waals surface area contributed by atoms with Crippen molar-refractivity contribution >= 4 is 19.7 Å². The molecule has 0 bridgehead atoms. The molecule has 2 heterocycles. The van der Waals surface area contributed by atoms with Crippen LogP contribution in [-0.2, 0) is 22.0 Å². The zero-order valence-corrected chi connectivity index (χ0v) is 13.0. The highest BCUT2D eigenvalue weighted by atomic mass is 35.7. The third-order valence-corrected chi connectivity index (χ3v) is 4.37. The first-order valence-electron chi connectivity index (χ1n) is 6.13. The summed E-state index contributed by atoms with van der Waals surface area (Å²) >= 11 is 0. The largest absolute Gasteiger partial charge is 0.337 e. The SMILES string of the molecule is CCCc1noc(Cn2nc(C)c(S(=O)(=O)Cl)c2C)n1. The van der Waals surface area contributed by atoms with Gasteiger partial charge in [0.05, 0.1) is 11.4 Å². The van der Waals surface area contributed by atoms with Gasteiger partial charge in [-0.05, 0) is 20.3 Å². The molecule has 0 amide bonds. The Labute approximate surface area is 121 Å². The van der Waals surface area contributed by atoms with Crippen molar-refractivity contribution in [2.45, 2.75) is 45.1 Å². The van der Waals surface area contributed by atoms with Gasteiger partial charge in [-0.15, -0.1) is 0 Å². The minimum atomic E-state index is -3.82. The molecule has 0 aromatic carbocycles. The van der Waals surface area contributed by atoms with Gasteiger partial charge in [0.15, 0.2) is 5.82 Å². The molecule has 0 aliphatic heterocycles. The minimum Gasteiger partial charge on any atom is -0.337 e. The van der Waals surface area contributed by atoms with Crippen molar-refractivity contribution in [2.75, 3.05) is 0 Å². The van der Waals surface area contributed by atoms with Crippen LogP contribution in [0.3, 0.4) is 0 Å². The summed E-state index contributed by atoms with van der Waals surface area (Å²) in [5, 5.41) is 7.99. The topological polar surface area (TPSA) is 90.9 Å². The summed E-state index contributed by atoms with van der Waals surface area (Å²) in [5.41, 5.74) is 0.804. The minimum absolute atomic E-state index is 0.0347. The molecule has 0 fully saturated rings. The maximum absolute atomic E-state index is 11.5. The molecule has 2 aromatic heterocycles. The van der Waals surface area contributed by atoms with Crippen molar-refractivity contribution < 1.29 is 12.9 Å². The van der Waals surface area contributed by atoms with Crippen LogP contribution in [0.1, 0.15) is 36.4 Å². The number of aryl methyl sites for hydroxylation is 2. The monoisotopic (exact) mass is 318 g/mol. The zero-order chi connectivity index (χ0) is 14.9. The van der Waals surface area contributed by atoms with E-state index in [1.54, 1.807) is 13.8 Å². The van der Waals surface area contributed by atoms with Gasteiger partial charge < -0.3 is 4.52 Å². The van der Waals surface area contributed by atoms with Gasteiger partial charge in [-0.3, -0.25) is 4.68 Å². The van der Waals surface area contributed by atoms with Crippen LogP contribution in [0.2, 0.25) is 0 Å². The summed E-state index contributed by atoms with van der Waals surface area (Å²) in [6.07, 6.45) is 1.66. The third kappa shape index (κ3) is 3.01. The second-order valence-electron chi connectivity index (χ2n) is 4.45. The second-order valence-corrected chi connectivity index (χ2v) is 6.95. The van der Waals surface area contributed by atoms with Crippen molar-refractivity contribution in [3.8, 4) is 0 Å². The molecule has 2 aromatic rings. The fourth-order valence-electron chi connectivity index (χ4n) is 1.99. The Morgan fingerprint density at radius 1 is 1.35 bits per heavy atom. The van der Waals surface area contributed by atoms with Gasteiger partial charge in [0.1, 0.15) is 11.4 Å². The molecule has 0 saturated carbocycles. The fraction of sp³-hybridized carbons (Fsp3) is 0.545. The van der Waals surface area contributed by atoms with E-state index < -0.39 is 9.05 Å². The van der Waals surface area contributed by atoms with Crippen LogP contribution >= 0.6 is 10.7 Å². The predicted octanol–water partition coefficient (Wildman–Crippen LogP) is 1.81. The molecule has 0 radical (unpaired) electrons. The molecule has 0 unspecified atom stereocenters. The average Bonchev–Trinajstić information content (AvgIpc) is 2.85. The van der Waals surface area contributed by atoms with Crippen molar-refractivity contribution in [1.82, 2.24) is 19.9 Å². The van der Waals surface area contributed by atoms with Gasteiger partial charge in [-0.2, -0.15) is 10.1 Å². The van der Waals surface area contributed by atoms with E-state index in [2.05, 4.69) is 15.2 Å². The summed E-state index contributed by atoms with van der Waals surface area (Å²) < 4.78 is 29.6. The number of halogens is 1. The predicted molar refractivity (Wildman–Crippen MR) is 72.1 cm³/mol. The molecule has 0 aliphatic carbocycles. The number of aromatic nitrogens is 4. The van der Waals surface area contributed by atoms with E-state index in [0.717, 1.165) is 12.8 Å². The Balaban J connectivity index is 2.30. The zero-order valence-electron chi connectivity index (χ0n) is 11.4. The van der Waals surface area contributed by atoms with Crippen LogP contribution in [0.25, 0.3) is 0 Å². The Kier molecular flexibility index (Phi) is 4.14. The maximum Gasteiger partial charge on any atom is 0.264 e. The van der Waals surface area contributed by atoms with E-state index in [-0.39, 0.29) is 11.4 Å². The summed E-state index contributed by atoms with van der Waals surface area (Å²) in [6.45, 7) is 5.47. The van der Waals surface area contributed by atoms with E-state index in [1.807, 2.05) is 6.92 Å². The molecule has 0 saturated heterocycles. The number of nitrogens with zero attached hydrogens (tertiary/aromatic N) is 4. The molecular weight excluding hydrogens is 304 g/mol. The van der Waals surface area contributed by atoms with Gasteiger partial charge in [0, 0.05) is 17.1 Å². The normalized spacial score (nSPS) is 12.0. The highest BCUT2D eigenvalue weighted by Gasteiger charge is 2.23. The molecule has 0 N–H and O–H groups in total. The molecule has 0 spiro atoms. The summed E-state index contributed by atoms with van der Waals surface area (Å²) in [5.74, 6) is 1.02. The Morgan fingerprint density at radius 3 is 2.60 bits per heavy atom. The highest BCUT2D eigenvalue weighted by Crippen LogP contribution is 2.23. The van der Waals surface area contributed by atoms with Crippen LogP contribution in [0.5, 0.6) is 0 Å². The van der Waals surface area contributed by atoms with Gasteiger partial charge in [0.2, 0.25) is 5.89 Å². The van der Waals surface area contributed by atoms with Crippen LogP contribution in [0, 0.1) is 13.8 Å². The second kappa shape index (κ2) is 5.53. The van der Waals surface area contributed by atoms with E-state index in [1.165, 1.54) is 4.68 Å². The summed E-state index contributed by atoms with van der Waals surface area (Å²) in [6, 6.07) is 0. The van der Waals surface area contributed by atoms with Gasteiger partial charge >= 0.3 is 0 Å². The van der Waals surface area contributed by atoms with Crippen LogP contribution < -0.4 is 0 Å². The number of hydrogen-bond donors (Lipinski definition) is 0. The number of rotatable bonds is 5. The smallest absolute Gasteiger partial charge is 0.264 e. The van der Waals surface area contributed by atoms with E-state index in [4.69, 9.17) is 15.2 Å². The molecule has 0 aliphatic rings. The molecule has 0 atom stereocenters. The van der Waals surface area contributed by atoms with Gasteiger partial charge in [-0.1, -0.05) is 12.1 Å². The third-order valence-electron chi connectivity index (χ3n) is 2.83. The van der Waals surface area contributed by atoms with Gasteiger partial charge in [0.25, 0.3) is 9.05 Å². The number of hydrogen-bond acceptors (Lipinski definition) is 6. The molecule has 2 rings (SSSR count). The molecular formula is C11H15ClN4O3S. The maximum atomic E-state index is 11.5. The van der Waals surface area contributed by atoms with Crippen molar-refractivity contribution in [1.29, 1.82) is 0 Å². The average molecular weight is 319 g/mol. The van der Waals surface area contributed by atoms with Crippen LogP contribution in [0.4, 0.5) is 0 Å². The summed E-state index contributed by atoms with van der Waals surface area (Å²) in [4.78, 5) is 4.25. The highest BCUT2D eigenvalue weighted by molar-refractivity contribution is 8.13. The first-order valence-corrected chi connectivity index (χ1v) is 8.44. The lowest BCUT2D eigenvalue weighted by Crippen LogP contribution is -2.05. The van der Waals surface area contributed by atoms with Gasteiger partial charge in [-0.25, -0.2) is 8.42 Å². The Bertz CT molecular complexity index is 720. The summed E-state index contributed by atoms with van der Waals surface area (Å²) in [7, 11) is 1.58. The standard InChI is InChI=1S/C11H15ClN4O3S/c1-4-5-9-13-10(19-15-9)6-16-8(3)11(7(2)14-16)20(12,17)18/h4-6H2,1-3H3. The fourth-order valence-corrected chi connectivity index (χ4v) is 3.52. The van der Waals surface area contributed by atoms with Crippen molar-refractivity contribution in [3.05, 3.63) is 23.1 Å². The van der Waals surface area contributed by atoms with Crippen molar-refractivity contribution in [3.63, 3.8) is 0 Å². The molecule has 20 heavy (non-hydrogen) atoms. The lowest BCUT2D eigenvalue weighted by atomic mass is 10.3. The Morgan fingerprint density at radius 2 is 2.05 bits per heavy atom. The van der Waals surface area contributed by atoms with E-state index in [9.17, 15) is 8.42 Å². The molecule has 7 nitrogen and oxygen atoms in total. The molecule has 9 heteroatoms. The first kappa shape index (κ1) is 15.0. The van der Waals surface area contributed by atoms with E-state index >= 15 is 0 Å². The van der Waals surface area contributed by atoms with Crippen LogP contribution in [0.15, 0.2) is 9.42 Å². The first-order chi connectivity index (χ1) is 9.32. The lowest BCUT2D eigenvalue weighted by molar-refractivity contribution is 0.359. The van der Waals surface area contributed by atoms with Crippen molar-refractivity contribution in [2.24, 2.45) is 0 Å². The lowest BCUT2D eigenvalue weighted by Gasteiger charge is -2.00. The van der Waals surface area contributed by atoms with Crippen LogP contribution in [-0.4, -0.2) is 28.3 Å². The van der Waals surface area contributed by atoms with E-state index in [0.29, 0.717) is 23.1 Å². The quantitative estimate of drug-likeness (QED) is 0.781. The molecule has 110 valence electrons. The Hall–Kier alpha value is -1.41.